The highest BCUT2D eigenvalue weighted by Crippen LogP contribution is 2.16. The van der Waals surface area contributed by atoms with E-state index in [0.29, 0.717) is 0 Å². The summed E-state index contributed by atoms with van der Waals surface area (Å²) < 4.78 is 30.5. The second-order valence-electron chi connectivity index (χ2n) is 4.16. The van der Waals surface area contributed by atoms with Gasteiger partial charge in [-0.1, -0.05) is 0 Å². The average molecular weight is 291 g/mol. The molecule has 0 aliphatic carbocycles. The van der Waals surface area contributed by atoms with Gasteiger partial charge in [0.2, 0.25) is 0 Å². The molecule has 0 saturated heterocycles. The van der Waals surface area contributed by atoms with E-state index in [0.717, 1.165) is 10.5 Å². The molecular formula is C10H17N3O5S. The van der Waals surface area contributed by atoms with Crippen molar-refractivity contribution in [2.75, 3.05) is 20.2 Å². The highest BCUT2D eigenvalue weighted by Gasteiger charge is 2.28. The maximum Gasteiger partial charge on any atom is 0.340 e. The second-order valence-corrected chi connectivity index (χ2v) is 6.15. The number of hydrogen-bond acceptors (Lipinski definition) is 5. The number of aromatic nitrogens is 2. The molecule has 0 saturated carbocycles. The van der Waals surface area contributed by atoms with E-state index >= 15 is 0 Å². The molecule has 0 bridgehead atoms. The minimum atomic E-state index is -3.91. The Morgan fingerprint density at radius 3 is 2.74 bits per heavy atom. The summed E-state index contributed by atoms with van der Waals surface area (Å²) in [5.74, 6) is -1.35. The molecule has 0 amide bonds. The third-order valence-electron chi connectivity index (χ3n) is 2.36. The van der Waals surface area contributed by atoms with Crippen LogP contribution >= 0.6 is 0 Å². The fourth-order valence-electron chi connectivity index (χ4n) is 1.32. The van der Waals surface area contributed by atoms with E-state index in [1.54, 1.807) is 0 Å². The summed E-state index contributed by atoms with van der Waals surface area (Å²) in [4.78, 5) is 10.9. The molecular weight excluding hydrogens is 274 g/mol. The summed E-state index contributed by atoms with van der Waals surface area (Å²) in [7, 11) is -2.56. The van der Waals surface area contributed by atoms with Crippen LogP contribution in [0, 0.1) is 0 Å². The number of aromatic carboxylic acids is 1. The number of likely N-dealkylation sites (N-methyl/N-ethyl adjacent to an activating group) is 1. The smallest absolute Gasteiger partial charge is 0.340 e. The first-order chi connectivity index (χ1) is 8.76. The SMILES string of the molecule is CC(C)OCCN(C)S(=O)(=O)c1[nH]ncc1C(=O)O. The van der Waals surface area contributed by atoms with Gasteiger partial charge in [-0.3, -0.25) is 5.10 Å². The summed E-state index contributed by atoms with van der Waals surface area (Å²) >= 11 is 0. The van der Waals surface area contributed by atoms with Gasteiger partial charge in [-0.2, -0.15) is 9.40 Å². The normalized spacial score (nSPS) is 12.3. The van der Waals surface area contributed by atoms with Crippen molar-refractivity contribution in [3.05, 3.63) is 11.8 Å². The zero-order chi connectivity index (χ0) is 14.6. The summed E-state index contributed by atoms with van der Waals surface area (Å²) in [6.07, 6.45) is 0.964. The van der Waals surface area contributed by atoms with Crippen LogP contribution in [0.15, 0.2) is 11.2 Å². The summed E-state index contributed by atoms with van der Waals surface area (Å²) in [5.41, 5.74) is -0.378. The minimum Gasteiger partial charge on any atom is -0.478 e. The maximum absolute atomic E-state index is 12.1. The van der Waals surface area contributed by atoms with Gasteiger partial charge in [-0.25, -0.2) is 13.2 Å². The van der Waals surface area contributed by atoms with Crippen LogP contribution in [0.4, 0.5) is 0 Å². The number of rotatable bonds is 7. The van der Waals surface area contributed by atoms with Crippen molar-refractivity contribution in [3.8, 4) is 0 Å². The Labute approximate surface area is 111 Å². The zero-order valence-electron chi connectivity index (χ0n) is 11.0. The average Bonchev–Trinajstić information content (AvgIpc) is 2.77. The predicted molar refractivity (Wildman–Crippen MR) is 66.5 cm³/mol. The molecule has 0 spiro atoms. The number of carboxylic acids is 1. The van der Waals surface area contributed by atoms with Gasteiger partial charge in [0, 0.05) is 13.6 Å². The Kier molecular flexibility index (Phi) is 5.04. The first kappa shape index (κ1) is 15.6. The minimum absolute atomic E-state index is 0.00200. The maximum atomic E-state index is 12.1. The van der Waals surface area contributed by atoms with E-state index in [9.17, 15) is 13.2 Å². The molecule has 8 nitrogen and oxygen atoms in total. The third kappa shape index (κ3) is 3.75. The van der Waals surface area contributed by atoms with Crippen LogP contribution < -0.4 is 0 Å². The second kappa shape index (κ2) is 6.13. The molecule has 0 fully saturated rings. The Balaban J connectivity index is 2.85. The van der Waals surface area contributed by atoms with Crippen molar-refractivity contribution in [1.82, 2.24) is 14.5 Å². The zero-order valence-corrected chi connectivity index (χ0v) is 11.8. The van der Waals surface area contributed by atoms with Gasteiger partial charge in [0.1, 0.15) is 5.56 Å². The molecule has 0 aromatic carbocycles. The molecule has 1 aromatic rings. The van der Waals surface area contributed by atoms with E-state index < -0.39 is 21.0 Å². The van der Waals surface area contributed by atoms with E-state index in [1.807, 2.05) is 13.8 Å². The van der Waals surface area contributed by atoms with Crippen LogP contribution in [0.1, 0.15) is 24.2 Å². The van der Waals surface area contributed by atoms with E-state index in [1.165, 1.54) is 7.05 Å². The van der Waals surface area contributed by atoms with Gasteiger partial charge in [-0.05, 0) is 13.8 Å². The number of nitrogens with zero attached hydrogens (tertiary/aromatic N) is 2. The number of aromatic amines is 1. The highest BCUT2D eigenvalue weighted by atomic mass is 32.2. The monoisotopic (exact) mass is 291 g/mol. The molecule has 0 atom stereocenters. The number of sulfonamides is 1. The molecule has 0 unspecified atom stereocenters. The lowest BCUT2D eigenvalue weighted by Crippen LogP contribution is -2.32. The van der Waals surface area contributed by atoms with Gasteiger partial charge in [0.15, 0.2) is 5.03 Å². The van der Waals surface area contributed by atoms with Crippen LogP contribution in [-0.2, 0) is 14.8 Å². The number of hydrogen-bond donors (Lipinski definition) is 2. The third-order valence-corrected chi connectivity index (χ3v) is 4.19. The first-order valence-corrected chi connectivity index (χ1v) is 7.05. The Morgan fingerprint density at radius 1 is 1.58 bits per heavy atom. The van der Waals surface area contributed by atoms with E-state index in [-0.39, 0.29) is 24.8 Å². The van der Waals surface area contributed by atoms with Gasteiger partial charge in [-0.15, -0.1) is 0 Å². The molecule has 1 heterocycles. The molecule has 1 rings (SSSR count). The molecule has 19 heavy (non-hydrogen) atoms. The largest absolute Gasteiger partial charge is 0.478 e. The summed E-state index contributed by atoms with van der Waals surface area (Å²) in [5, 5.41) is 14.1. The first-order valence-electron chi connectivity index (χ1n) is 5.61. The molecule has 1 aromatic heterocycles. The van der Waals surface area contributed by atoms with Crippen molar-refractivity contribution < 1.29 is 23.1 Å². The fourth-order valence-corrected chi connectivity index (χ4v) is 2.53. The molecule has 0 aliphatic rings. The van der Waals surface area contributed by atoms with Crippen molar-refractivity contribution in [2.45, 2.75) is 25.0 Å². The number of H-pyrrole nitrogens is 1. The lowest BCUT2D eigenvalue weighted by Gasteiger charge is -2.17. The van der Waals surface area contributed by atoms with Crippen molar-refractivity contribution >= 4 is 16.0 Å². The molecule has 0 aliphatic heterocycles. The molecule has 2 N–H and O–H groups in total. The molecule has 9 heteroatoms. The van der Waals surface area contributed by atoms with E-state index in [2.05, 4.69) is 10.2 Å². The standard InChI is InChI=1S/C10H17N3O5S/c1-7(2)18-5-4-13(3)19(16,17)9-8(10(14)15)6-11-12-9/h6-7H,4-5H2,1-3H3,(H,11,12)(H,14,15). The highest BCUT2D eigenvalue weighted by molar-refractivity contribution is 7.89. The van der Waals surface area contributed by atoms with Gasteiger partial charge >= 0.3 is 5.97 Å². The van der Waals surface area contributed by atoms with Crippen molar-refractivity contribution in [1.29, 1.82) is 0 Å². The fraction of sp³-hybridized carbons (Fsp3) is 0.600. The van der Waals surface area contributed by atoms with Crippen molar-refractivity contribution in [2.24, 2.45) is 0 Å². The van der Waals surface area contributed by atoms with Gasteiger partial charge in [0.25, 0.3) is 10.0 Å². The Bertz CT molecular complexity index is 537. The van der Waals surface area contributed by atoms with Crippen molar-refractivity contribution in [3.63, 3.8) is 0 Å². The predicted octanol–water partition coefficient (Wildman–Crippen LogP) is 0.153. The van der Waals surface area contributed by atoms with E-state index in [4.69, 9.17) is 9.84 Å². The number of carboxylic acid groups (broad SMARTS) is 1. The van der Waals surface area contributed by atoms with Gasteiger partial charge < -0.3 is 9.84 Å². The summed E-state index contributed by atoms with van der Waals surface area (Å²) in [6, 6.07) is 0. The number of nitrogens with one attached hydrogen (secondary N) is 1. The quantitative estimate of drug-likeness (QED) is 0.739. The molecule has 0 radical (unpaired) electrons. The van der Waals surface area contributed by atoms with Crippen LogP contribution in [0.5, 0.6) is 0 Å². The number of ether oxygens (including phenoxy) is 1. The van der Waals surface area contributed by atoms with Crippen LogP contribution in [-0.4, -0.2) is 60.3 Å². The van der Waals surface area contributed by atoms with Crippen LogP contribution in [0.25, 0.3) is 0 Å². The van der Waals surface area contributed by atoms with Gasteiger partial charge in [0.05, 0.1) is 18.9 Å². The topological polar surface area (TPSA) is 113 Å². The number of carbonyl (C=O) groups is 1. The summed E-state index contributed by atoms with van der Waals surface area (Å²) in [6.45, 7) is 4.03. The lowest BCUT2D eigenvalue weighted by molar-refractivity contribution is 0.0692. The van der Waals surface area contributed by atoms with Crippen LogP contribution in [0.3, 0.4) is 0 Å². The Hall–Kier alpha value is -1.45. The lowest BCUT2D eigenvalue weighted by atomic mass is 10.4. The van der Waals surface area contributed by atoms with Crippen LogP contribution in [0.2, 0.25) is 0 Å². The Morgan fingerprint density at radius 2 is 2.21 bits per heavy atom. The molecule has 108 valence electrons.